The fourth-order valence-corrected chi connectivity index (χ4v) is 0.209. The van der Waals surface area contributed by atoms with Gasteiger partial charge in [-0.05, 0) is 0 Å². The number of hydrogen-bond donors (Lipinski definition) is 0. The van der Waals surface area contributed by atoms with Crippen molar-refractivity contribution < 1.29 is 4.79 Å². The Morgan fingerprint density at radius 3 is 2.43 bits per heavy atom. The molecule has 40 valence electrons. The van der Waals surface area contributed by atoms with Gasteiger partial charge in [0.25, 0.3) is 0 Å². The highest BCUT2D eigenvalue weighted by Gasteiger charge is 1.77. The van der Waals surface area contributed by atoms with Crippen molar-refractivity contribution in [2.45, 2.75) is 0 Å². The minimum absolute atomic E-state index is 0.688. The monoisotopic (exact) mass is 100 g/mol. The first-order valence-corrected chi connectivity index (χ1v) is 1.90. The number of amides is 1. The molecular weight excluding hydrogens is 92.1 g/mol. The standard InChI is InChI=1S/C4H8N2O/c1-5-3-6(2)4-7/h3-4H,1-2H3/b5-3-. The molecule has 7 heavy (non-hydrogen) atoms. The third kappa shape index (κ3) is 2.96. The van der Waals surface area contributed by atoms with Crippen LogP contribution in [-0.2, 0) is 4.79 Å². The van der Waals surface area contributed by atoms with Gasteiger partial charge in [0.1, 0.15) is 0 Å². The summed E-state index contributed by atoms with van der Waals surface area (Å²) in [7, 11) is 3.24. The molecule has 0 radical (unpaired) electrons. The summed E-state index contributed by atoms with van der Waals surface area (Å²) >= 11 is 0. The van der Waals surface area contributed by atoms with Crippen molar-refractivity contribution in [3.05, 3.63) is 0 Å². The van der Waals surface area contributed by atoms with E-state index in [-0.39, 0.29) is 0 Å². The van der Waals surface area contributed by atoms with Crippen LogP contribution in [0.4, 0.5) is 0 Å². The van der Waals surface area contributed by atoms with Crippen LogP contribution in [0.3, 0.4) is 0 Å². The molecule has 0 spiro atoms. The molecule has 3 nitrogen and oxygen atoms in total. The Bertz CT molecular complexity index is 79.8. The number of carbonyl (C=O) groups excluding carboxylic acids is 1. The van der Waals surface area contributed by atoms with Gasteiger partial charge < -0.3 is 4.90 Å². The summed E-state index contributed by atoms with van der Waals surface area (Å²) in [6.07, 6.45) is 2.12. The highest BCUT2D eigenvalue weighted by atomic mass is 16.1. The molecule has 0 saturated carbocycles. The van der Waals surface area contributed by atoms with E-state index in [1.165, 1.54) is 11.2 Å². The molecule has 0 atom stereocenters. The zero-order chi connectivity index (χ0) is 5.70. The summed E-state index contributed by atoms with van der Waals surface area (Å²) in [4.78, 5) is 14.6. The smallest absolute Gasteiger partial charge is 0.214 e. The van der Waals surface area contributed by atoms with E-state index in [4.69, 9.17) is 0 Å². The minimum Gasteiger partial charge on any atom is -0.309 e. The van der Waals surface area contributed by atoms with Crippen LogP contribution < -0.4 is 0 Å². The summed E-state index contributed by atoms with van der Waals surface area (Å²) in [5.74, 6) is 0. The van der Waals surface area contributed by atoms with E-state index in [9.17, 15) is 4.79 Å². The number of carbonyl (C=O) groups is 1. The Labute approximate surface area is 42.7 Å². The lowest BCUT2D eigenvalue weighted by Crippen LogP contribution is -2.11. The normalized spacial score (nSPS) is 9.43. The molecular formula is C4H8N2O. The Kier molecular flexibility index (Phi) is 2.92. The van der Waals surface area contributed by atoms with Crippen LogP contribution in [-0.4, -0.2) is 31.7 Å². The number of rotatable bonds is 2. The average Bonchev–Trinajstić information content (AvgIpc) is 1.68. The van der Waals surface area contributed by atoms with Gasteiger partial charge in [-0.2, -0.15) is 0 Å². The Balaban J connectivity index is 3.35. The third-order valence-electron chi connectivity index (χ3n) is 0.464. The maximum Gasteiger partial charge on any atom is 0.214 e. The van der Waals surface area contributed by atoms with Crippen LogP contribution in [0.5, 0.6) is 0 Å². The van der Waals surface area contributed by atoms with Crippen molar-refractivity contribution in [1.29, 1.82) is 0 Å². The Morgan fingerprint density at radius 1 is 1.71 bits per heavy atom. The Morgan fingerprint density at radius 2 is 2.29 bits per heavy atom. The second-order valence-corrected chi connectivity index (χ2v) is 1.14. The molecule has 0 rings (SSSR count). The minimum atomic E-state index is 0.688. The molecule has 1 amide bonds. The number of hydrogen-bond acceptors (Lipinski definition) is 2. The van der Waals surface area contributed by atoms with Gasteiger partial charge in [0, 0.05) is 14.1 Å². The van der Waals surface area contributed by atoms with E-state index in [2.05, 4.69) is 4.99 Å². The molecule has 0 aliphatic carbocycles. The molecule has 0 aliphatic heterocycles. The molecule has 0 aromatic heterocycles. The second kappa shape index (κ2) is 3.33. The zero-order valence-electron chi connectivity index (χ0n) is 4.46. The summed E-state index contributed by atoms with van der Waals surface area (Å²) in [6.45, 7) is 0. The van der Waals surface area contributed by atoms with Gasteiger partial charge in [0.2, 0.25) is 6.41 Å². The summed E-state index contributed by atoms with van der Waals surface area (Å²) in [5, 5.41) is 0. The van der Waals surface area contributed by atoms with Crippen molar-refractivity contribution in [1.82, 2.24) is 4.90 Å². The predicted molar refractivity (Wildman–Crippen MR) is 28.2 cm³/mol. The molecule has 0 fully saturated rings. The molecule has 0 saturated heterocycles. The maximum absolute atomic E-state index is 9.73. The number of aliphatic imine (C=N–C) groups is 1. The Hall–Kier alpha value is -0.860. The van der Waals surface area contributed by atoms with Crippen molar-refractivity contribution >= 4 is 12.7 Å². The van der Waals surface area contributed by atoms with Crippen LogP contribution in [0.25, 0.3) is 0 Å². The molecule has 0 aliphatic rings. The van der Waals surface area contributed by atoms with E-state index >= 15 is 0 Å². The summed E-state index contributed by atoms with van der Waals surface area (Å²) in [6, 6.07) is 0. The third-order valence-corrected chi connectivity index (χ3v) is 0.464. The van der Waals surface area contributed by atoms with Crippen molar-refractivity contribution in [2.24, 2.45) is 4.99 Å². The van der Waals surface area contributed by atoms with Crippen LogP contribution >= 0.6 is 0 Å². The van der Waals surface area contributed by atoms with E-state index in [0.29, 0.717) is 6.41 Å². The first-order valence-electron chi connectivity index (χ1n) is 1.90. The van der Waals surface area contributed by atoms with E-state index in [1.54, 1.807) is 14.1 Å². The van der Waals surface area contributed by atoms with Gasteiger partial charge in [-0.15, -0.1) is 0 Å². The first kappa shape index (κ1) is 6.14. The average molecular weight is 100 g/mol. The molecule has 0 aromatic rings. The van der Waals surface area contributed by atoms with Crippen LogP contribution in [0, 0.1) is 0 Å². The van der Waals surface area contributed by atoms with Gasteiger partial charge >= 0.3 is 0 Å². The molecule has 0 unspecified atom stereocenters. The molecule has 0 N–H and O–H groups in total. The van der Waals surface area contributed by atoms with Gasteiger partial charge in [0.05, 0.1) is 6.34 Å². The molecule has 0 bridgehead atoms. The summed E-state index contributed by atoms with van der Waals surface area (Å²) < 4.78 is 0. The molecule has 0 aromatic carbocycles. The highest BCUT2D eigenvalue weighted by Crippen LogP contribution is 1.61. The van der Waals surface area contributed by atoms with Gasteiger partial charge in [-0.25, -0.2) is 0 Å². The van der Waals surface area contributed by atoms with Crippen LogP contribution in [0.15, 0.2) is 4.99 Å². The van der Waals surface area contributed by atoms with E-state index < -0.39 is 0 Å². The maximum atomic E-state index is 9.73. The van der Waals surface area contributed by atoms with E-state index in [1.807, 2.05) is 0 Å². The predicted octanol–water partition coefficient (Wildman–Crippen LogP) is -0.267. The van der Waals surface area contributed by atoms with Gasteiger partial charge in [-0.3, -0.25) is 9.79 Å². The van der Waals surface area contributed by atoms with Gasteiger partial charge in [0.15, 0.2) is 0 Å². The van der Waals surface area contributed by atoms with Crippen molar-refractivity contribution in [3.63, 3.8) is 0 Å². The van der Waals surface area contributed by atoms with Crippen molar-refractivity contribution in [3.8, 4) is 0 Å². The highest BCUT2D eigenvalue weighted by molar-refractivity contribution is 5.71. The number of nitrogens with zero attached hydrogens (tertiary/aromatic N) is 2. The fourth-order valence-electron chi connectivity index (χ4n) is 0.209. The fraction of sp³-hybridized carbons (Fsp3) is 0.500. The topological polar surface area (TPSA) is 32.7 Å². The van der Waals surface area contributed by atoms with E-state index in [0.717, 1.165) is 0 Å². The van der Waals surface area contributed by atoms with Crippen LogP contribution in [0.1, 0.15) is 0 Å². The molecule has 3 heteroatoms. The lowest BCUT2D eigenvalue weighted by Gasteiger charge is -1.96. The van der Waals surface area contributed by atoms with Crippen molar-refractivity contribution in [2.75, 3.05) is 14.1 Å². The lowest BCUT2D eigenvalue weighted by molar-refractivity contribution is -0.113. The lowest BCUT2D eigenvalue weighted by atomic mass is 10.9. The summed E-state index contributed by atoms with van der Waals surface area (Å²) in [5.41, 5.74) is 0. The quantitative estimate of drug-likeness (QED) is 0.267. The first-order chi connectivity index (χ1) is 3.31. The van der Waals surface area contributed by atoms with Crippen LogP contribution in [0.2, 0.25) is 0 Å². The SMILES string of the molecule is C/N=C\N(C)C=O. The largest absolute Gasteiger partial charge is 0.309 e. The second-order valence-electron chi connectivity index (χ2n) is 1.14. The molecule has 0 heterocycles. The van der Waals surface area contributed by atoms with Gasteiger partial charge in [-0.1, -0.05) is 0 Å². The zero-order valence-corrected chi connectivity index (χ0v) is 4.46.